The minimum atomic E-state index is -3.56. The molecule has 1 N–H and O–H groups in total. The number of nitriles is 1. The van der Waals surface area contributed by atoms with E-state index in [1.165, 1.54) is 18.4 Å². The normalized spacial score (nSPS) is 11.6. The first-order valence-corrected chi connectivity index (χ1v) is 11.9. The minimum Gasteiger partial charge on any atom is -0.328 e. The van der Waals surface area contributed by atoms with Crippen molar-refractivity contribution in [3.63, 3.8) is 0 Å². The molecule has 1 amide bonds. The summed E-state index contributed by atoms with van der Waals surface area (Å²) >= 11 is 0. The standard InChI is InChI=1S/C23H27N5O3S/c1-4-5-13-28-21-10-9-19(32(30,31)27(2)3)15-20(21)26-22(28)11-12-23(29)25-18-8-6-7-17(14-18)16-24/h6-10,14-15H,4-5,11-13H2,1-3H3,(H,25,29). The van der Waals surface area contributed by atoms with Gasteiger partial charge in [0.25, 0.3) is 0 Å². The Bertz CT molecular complexity index is 1270. The zero-order chi connectivity index (χ0) is 23.3. The van der Waals surface area contributed by atoms with Gasteiger partial charge in [0, 0.05) is 39.2 Å². The van der Waals surface area contributed by atoms with Crippen molar-refractivity contribution >= 4 is 32.7 Å². The smallest absolute Gasteiger partial charge is 0.242 e. The molecule has 0 saturated heterocycles. The number of aryl methyl sites for hydroxylation is 2. The molecule has 168 valence electrons. The maximum atomic E-state index is 12.5. The first-order valence-electron chi connectivity index (χ1n) is 10.5. The van der Waals surface area contributed by atoms with Gasteiger partial charge >= 0.3 is 0 Å². The van der Waals surface area contributed by atoms with Crippen LogP contribution in [-0.2, 0) is 27.8 Å². The van der Waals surface area contributed by atoms with Crippen LogP contribution in [0.3, 0.4) is 0 Å². The van der Waals surface area contributed by atoms with Crippen molar-refractivity contribution in [2.45, 2.75) is 44.0 Å². The van der Waals surface area contributed by atoms with Gasteiger partial charge in [-0.25, -0.2) is 17.7 Å². The molecular formula is C23H27N5O3S. The quantitative estimate of drug-likeness (QED) is 0.533. The summed E-state index contributed by atoms with van der Waals surface area (Å²) in [5, 5.41) is 11.8. The predicted octanol–water partition coefficient (Wildman–Crippen LogP) is 3.53. The number of fused-ring (bicyclic) bond motifs is 1. The number of carbonyl (C=O) groups excluding carboxylic acids is 1. The van der Waals surface area contributed by atoms with Crippen molar-refractivity contribution in [2.24, 2.45) is 0 Å². The second-order valence-electron chi connectivity index (χ2n) is 7.71. The number of aromatic nitrogens is 2. The summed E-state index contributed by atoms with van der Waals surface area (Å²) in [5.74, 6) is 0.568. The molecule has 1 heterocycles. The van der Waals surface area contributed by atoms with Crippen LogP contribution in [0, 0.1) is 11.3 Å². The van der Waals surface area contributed by atoms with Crippen LogP contribution in [0.2, 0.25) is 0 Å². The fraction of sp³-hybridized carbons (Fsp3) is 0.348. The molecule has 0 aliphatic rings. The van der Waals surface area contributed by atoms with Crippen LogP contribution in [0.1, 0.15) is 37.6 Å². The fourth-order valence-corrected chi connectivity index (χ4v) is 4.32. The molecule has 3 aromatic rings. The molecule has 0 radical (unpaired) electrons. The van der Waals surface area contributed by atoms with Gasteiger partial charge in [-0.1, -0.05) is 19.4 Å². The average Bonchev–Trinajstić information content (AvgIpc) is 3.12. The van der Waals surface area contributed by atoms with Crippen LogP contribution in [0.5, 0.6) is 0 Å². The van der Waals surface area contributed by atoms with Gasteiger partial charge in [-0.3, -0.25) is 4.79 Å². The number of nitrogens with zero attached hydrogens (tertiary/aromatic N) is 4. The third-order valence-electron chi connectivity index (χ3n) is 5.16. The summed E-state index contributed by atoms with van der Waals surface area (Å²) in [6.07, 6.45) is 2.58. The lowest BCUT2D eigenvalue weighted by Gasteiger charge is -2.11. The lowest BCUT2D eigenvalue weighted by atomic mass is 10.2. The summed E-state index contributed by atoms with van der Waals surface area (Å²) in [6.45, 7) is 2.84. The Morgan fingerprint density at radius 3 is 2.69 bits per heavy atom. The molecular weight excluding hydrogens is 426 g/mol. The highest BCUT2D eigenvalue weighted by atomic mass is 32.2. The molecule has 32 heavy (non-hydrogen) atoms. The number of sulfonamides is 1. The number of amides is 1. The van der Waals surface area contributed by atoms with E-state index < -0.39 is 10.0 Å². The molecule has 0 fully saturated rings. The van der Waals surface area contributed by atoms with Crippen LogP contribution >= 0.6 is 0 Å². The van der Waals surface area contributed by atoms with E-state index >= 15 is 0 Å². The van der Waals surface area contributed by atoms with Crippen molar-refractivity contribution in [1.29, 1.82) is 5.26 Å². The molecule has 0 aliphatic heterocycles. The van der Waals surface area contributed by atoms with E-state index in [9.17, 15) is 13.2 Å². The topological polar surface area (TPSA) is 108 Å². The molecule has 0 unspecified atom stereocenters. The molecule has 0 saturated carbocycles. The number of rotatable bonds is 9. The summed E-state index contributed by atoms with van der Waals surface area (Å²) in [4.78, 5) is 17.3. The average molecular weight is 454 g/mol. The van der Waals surface area contributed by atoms with E-state index in [4.69, 9.17) is 5.26 Å². The van der Waals surface area contributed by atoms with E-state index in [0.717, 1.165) is 30.7 Å². The van der Waals surface area contributed by atoms with Gasteiger partial charge in [0.1, 0.15) is 5.82 Å². The highest BCUT2D eigenvalue weighted by molar-refractivity contribution is 7.89. The van der Waals surface area contributed by atoms with E-state index in [0.29, 0.717) is 23.2 Å². The highest BCUT2D eigenvalue weighted by Crippen LogP contribution is 2.23. The van der Waals surface area contributed by atoms with Gasteiger partial charge in [-0.15, -0.1) is 0 Å². The molecule has 0 bridgehead atoms. The third-order valence-corrected chi connectivity index (χ3v) is 6.97. The van der Waals surface area contributed by atoms with E-state index in [1.807, 2.05) is 0 Å². The number of hydrogen-bond donors (Lipinski definition) is 1. The summed E-state index contributed by atoms with van der Waals surface area (Å²) in [6, 6.07) is 13.8. The molecule has 1 aromatic heterocycles. The van der Waals surface area contributed by atoms with Crippen molar-refractivity contribution in [3.8, 4) is 6.07 Å². The van der Waals surface area contributed by atoms with Gasteiger partial charge in [0.15, 0.2) is 0 Å². The number of anilines is 1. The summed E-state index contributed by atoms with van der Waals surface area (Å²) in [5.41, 5.74) is 2.51. The second-order valence-corrected chi connectivity index (χ2v) is 9.86. The first kappa shape index (κ1) is 23.4. The number of nitrogens with one attached hydrogen (secondary N) is 1. The highest BCUT2D eigenvalue weighted by Gasteiger charge is 2.20. The Morgan fingerprint density at radius 1 is 1.22 bits per heavy atom. The zero-order valence-corrected chi connectivity index (χ0v) is 19.3. The Balaban J connectivity index is 1.84. The van der Waals surface area contributed by atoms with Crippen molar-refractivity contribution in [2.75, 3.05) is 19.4 Å². The zero-order valence-electron chi connectivity index (χ0n) is 18.5. The maximum Gasteiger partial charge on any atom is 0.242 e. The lowest BCUT2D eigenvalue weighted by Crippen LogP contribution is -2.22. The molecule has 0 aliphatic carbocycles. The molecule has 0 atom stereocenters. The van der Waals surface area contributed by atoms with Crippen LogP contribution in [-0.4, -0.2) is 42.3 Å². The van der Waals surface area contributed by atoms with Crippen molar-refractivity contribution in [3.05, 3.63) is 53.9 Å². The van der Waals surface area contributed by atoms with Gasteiger partial charge in [-0.2, -0.15) is 5.26 Å². The molecule has 8 nitrogen and oxygen atoms in total. The number of benzene rings is 2. The molecule has 3 rings (SSSR count). The Hall–Kier alpha value is -3.22. The molecule has 9 heteroatoms. The van der Waals surface area contributed by atoms with E-state index in [1.54, 1.807) is 42.5 Å². The van der Waals surface area contributed by atoms with Crippen LogP contribution in [0.15, 0.2) is 47.4 Å². The minimum absolute atomic E-state index is 0.176. The summed E-state index contributed by atoms with van der Waals surface area (Å²) < 4.78 is 28.2. The SMILES string of the molecule is CCCCn1c(CCC(=O)Nc2cccc(C#N)c2)nc2cc(S(=O)(=O)N(C)C)ccc21. The number of unbranched alkanes of at least 4 members (excludes halogenated alkanes) is 1. The largest absolute Gasteiger partial charge is 0.328 e. The lowest BCUT2D eigenvalue weighted by molar-refractivity contribution is -0.116. The molecule has 0 spiro atoms. The predicted molar refractivity (Wildman–Crippen MR) is 124 cm³/mol. The third kappa shape index (κ3) is 5.15. The number of carbonyl (C=O) groups is 1. The number of hydrogen-bond acceptors (Lipinski definition) is 5. The fourth-order valence-electron chi connectivity index (χ4n) is 3.40. The van der Waals surface area contributed by atoms with E-state index in [2.05, 4.69) is 27.9 Å². The Labute approximate surface area is 188 Å². The van der Waals surface area contributed by atoms with Crippen LogP contribution in [0.4, 0.5) is 5.69 Å². The number of imidazole rings is 1. The van der Waals surface area contributed by atoms with Gasteiger partial charge in [0.2, 0.25) is 15.9 Å². The summed E-state index contributed by atoms with van der Waals surface area (Å²) in [7, 11) is -0.566. The van der Waals surface area contributed by atoms with E-state index in [-0.39, 0.29) is 17.2 Å². The van der Waals surface area contributed by atoms with Gasteiger partial charge < -0.3 is 9.88 Å². The van der Waals surface area contributed by atoms with Crippen LogP contribution < -0.4 is 5.32 Å². The first-order chi connectivity index (χ1) is 15.3. The maximum absolute atomic E-state index is 12.5. The monoisotopic (exact) mass is 453 g/mol. The van der Waals surface area contributed by atoms with Gasteiger partial charge in [0.05, 0.1) is 27.6 Å². The molecule has 2 aromatic carbocycles. The van der Waals surface area contributed by atoms with Crippen molar-refractivity contribution in [1.82, 2.24) is 13.9 Å². The van der Waals surface area contributed by atoms with Gasteiger partial charge in [-0.05, 0) is 42.8 Å². The van der Waals surface area contributed by atoms with Crippen LogP contribution in [0.25, 0.3) is 11.0 Å². The second kappa shape index (κ2) is 9.94. The Kier molecular flexibility index (Phi) is 7.28. The van der Waals surface area contributed by atoms with Crippen molar-refractivity contribution < 1.29 is 13.2 Å². The Morgan fingerprint density at radius 2 is 2.00 bits per heavy atom.